The minimum atomic E-state index is -0.241. The van der Waals surface area contributed by atoms with Crippen molar-refractivity contribution in [3.8, 4) is 0 Å². The van der Waals surface area contributed by atoms with E-state index in [0.717, 1.165) is 0 Å². The average molecular weight is 148 g/mol. The maximum absolute atomic E-state index is 9.92. The van der Waals surface area contributed by atoms with Gasteiger partial charge >= 0.3 is 29.6 Å². The van der Waals surface area contributed by atoms with Crippen LogP contribution in [0.25, 0.3) is 0 Å². The van der Waals surface area contributed by atoms with Gasteiger partial charge in [0.1, 0.15) is 0 Å². The minimum Gasteiger partial charge on any atom is -1.00 e. The summed E-state index contributed by atoms with van der Waals surface area (Å²) in [6, 6.07) is 0. The molecule has 0 aliphatic heterocycles. The van der Waals surface area contributed by atoms with Gasteiger partial charge in [-0.15, -0.1) is 12.4 Å². The van der Waals surface area contributed by atoms with E-state index in [9.17, 15) is 4.79 Å². The molecule has 0 rings (SSSR count). The monoisotopic (exact) mass is 147 g/mol. The molecule has 0 fully saturated rings. The Labute approximate surface area is 79.4 Å². The molecular weight excluding hydrogens is 136 g/mol. The van der Waals surface area contributed by atoms with Gasteiger partial charge in [0.2, 0.25) is 5.91 Å². The molecule has 8 heavy (non-hydrogen) atoms. The molecule has 4 heteroatoms. The van der Waals surface area contributed by atoms with E-state index in [4.69, 9.17) is 5.73 Å². The van der Waals surface area contributed by atoms with Crippen LogP contribution in [0, 0.1) is 5.92 Å². The van der Waals surface area contributed by atoms with Gasteiger partial charge in [0.05, 0.1) is 0 Å². The van der Waals surface area contributed by atoms with E-state index in [2.05, 4.69) is 0 Å². The number of carbonyl (C=O) groups excluding carboxylic acids is 1. The van der Waals surface area contributed by atoms with Crippen LogP contribution in [0.2, 0.25) is 0 Å². The predicted octanol–water partition coefficient (Wildman–Crippen LogP) is -2.33. The first-order valence-electron chi connectivity index (χ1n) is 1.94. The summed E-state index contributed by atoms with van der Waals surface area (Å²) in [4.78, 5) is 9.92. The molecule has 0 radical (unpaired) electrons. The van der Waals surface area contributed by atoms with E-state index in [1.807, 2.05) is 0 Å². The molecule has 0 aromatic carbocycles. The summed E-state index contributed by atoms with van der Waals surface area (Å²) in [5.41, 5.74) is 4.80. The third kappa shape index (κ3) is 9.90. The number of carbonyl (C=O) groups is 1. The molecule has 46 valence electrons. The number of hydrogen-bond donors (Lipinski definition) is 1. The summed E-state index contributed by atoms with van der Waals surface area (Å²) < 4.78 is 0. The molecule has 2 N–H and O–H groups in total. The summed E-state index contributed by atoms with van der Waals surface area (Å²) >= 11 is 0. The Morgan fingerprint density at radius 3 is 1.75 bits per heavy atom. The fourth-order valence-electron chi connectivity index (χ4n) is 0. The van der Waals surface area contributed by atoms with Gasteiger partial charge in [0.25, 0.3) is 0 Å². The zero-order chi connectivity index (χ0) is 5.15. The van der Waals surface area contributed by atoms with Crippen molar-refractivity contribution in [1.29, 1.82) is 0 Å². The molecule has 0 bridgehead atoms. The molecule has 0 aromatic rings. The van der Waals surface area contributed by atoms with Crippen molar-refractivity contribution in [2.45, 2.75) is 13.8 Å². The van der Waals surface area contributed by atoms with Crippen LogP contribution in [-0.4, -0.2) is 5.91 Å². The van der Waals surface area contributed by atoms with Gasteiger partial charge in [-0.3, -0.25) is 4.79 Å². The van der Waals surface area contributed by atoms with Crippen LogP contribution in [0.3, 0.4) is 0 Å². The fraction of sp³-hybridized carbons (Fsp3) is 0.750. The van der Waals surface area contributed by atoms with E-state index in [1.54, 1.807) is 13.8 Å². The van der Waals surface area contributed by atoms with Gasteiger partial charge in [-0.1, -0.05) is 13.8 Å². The van der Waals surface area contributed by atoms with Crippen molar-refractivity contribution in [2.75, 3.05) is 0 Å². The second-order valence-electron chi connectivity index (χ2n) is 1.56. The maximum Gasteiger partial charge on any atom is 1.00 e. The Balaban J connectivity index is -0.0000000417. The number of nitrogens with two attached hydrogens (primary N) is 1. The van der Waals surface area contributed by atoms with Gasteiger partial charge in [-0.25, -0.2) is 0 Å². The molecule has 0 aromatic heterocycles. The molecule has 0 spiro atoms. The zero-order valence-electron chi connectivity index (χ0n) is 6.47. The van der Waals surface area contributed by atoms with Crippen LogP contribution in [-0.2, 0) is 4.79 Å². The summed E-state index contributed by atoms with van der Waals surface area (Å²) in [7, 11) is 0. The normalized spacial score (nSPS) is 6.88. The van der Waals surface area contributed by atoms with E-state index in [1.165, 1.54) is 0 Å². The standard InChI is InChI=1S/C4H9NO.ClH.Na.H/c1-3(2)4(5)6;;;/h3H,1-2H3,(H2,5,6);1H;;/q;;+1;-1. The largest absolute Gasteiger partial charge is 1.00 e. The third-order valence-corrected chi connectivity index (χ3v) is 0.569. The number of amides is 1. The van der Waals surface area contributed by atoms with Gasteiger partial charge in [0.15, 0.2) is 0 Å². The van der Waals surface area contributed by atoms with Crippen molar-refractivity contribution in [3.63, 3.8) is 0 Å². The number of hydrogen-bond acceptors (Lipinski definition) is 1. The molecule has 2 nitrogen and oxygen atoms in total. The van der Waals surface area contributed by atoms with Crippen molar-refractivity contribution in [2.24, 2.45) is 11.7 Å². The first-order valence-corrected chi connectivity index (χ1v) is 1.94. The third-order valence-electron chi connectivity index (χ3n) is 0.569. The fourth-order valence-corrected chi connectivity index (χ4v) is 0. The molecule has 0 saturated heterocycles. The molecular formula is C4H11ClNNaO. The topological polar surface area (TPSA) is 43.1 Å². The van der Waals surface area contributed by atoms with Gasteiger partial charge < -0.3 is 7.16 Å². The van der Waals surface area contributed by atoms with Crippen molar-refractivity contribution >= 4 is 18.3 Å². The van der Waals surface area contributed by atoms with Crippen LogP contribution in [0.5, 0.6) is 0 Å². The molecule has 0 unspecified atom stereocenters. The van der Waals surface area contributed by atoms with Crippen molar-refractivity contribution < 1.29 is 35.8 Å². The Bertz CT molecular complexity index is 71.6. The predicted molar refractivity (Wildman–Crippen MR) is 32.4 cm³/mol. The quantitative estimate of drug-likeness (QED) is 0.416. The zero-order valence-corrected chi connectivity index (χ0v) is 8.29. The minimum absolute atomic E-state index is 0. The maximum atomic E-state index is 9.92. The second kappa shape index (κ2) is 7.76. The van der Waals surface area contributed by atoms with Crippen molar-refractivity contribution in [3.05, 3.63) is 0 Å². The molecule has 0 atom stereocenters. The summed E-state index contributed by atoms with van der Waals surface area (Å²) in [5.74, 6) is -0.250. The van der Waals surface area contributed by atoms with Crippen LogP contribution in [0.1, 0.15) is 15.3 Å². The van der Waals surface area contributed by atoms with Gasteiger partial charge in [0, 0.05) is 5.92 Å². The van der Waals surface area contributed by atoms with Gasteiger partial charge in [-0.2, -0.15) is 0 Å². The summed E-state index contributed by atoms with van der Waals surface area (Å²) in [6.45, 7) is 3.53. The number of halogens is 1. The van der Waals surface area contributed by atoms with Gasteiger partial charge in [-0.05, 0) is 0 Å². The van der Waals surface area contributed by atoms with E-state index < -0.39 is 0 Å². The number of primary amides is 1. The van der Waals surface area contributed by atoms with E-state index in [0.29, 0.717) is 0 Å². The smallest absolute Gasteiger partial charge is 1.00 e. The van der Waals surface area contributed by atoms with Crippen LogP contribution < -0.4 is 35.3 Å². The Kier molecular flexibility index (Phi) is 15.4. The number of rotatable bonds is 1. The van der Waals surface area contributed by atoms with E-state index >= 15 is 0 Å². The molecule has 0 aliphatic carbocycles. The van der Waals surface area contributed by atoms with Crippen LogP contribution in [0.15, 0.2) is 0 Å². The summed E-state index contributed by atoms with van der Waals surface area (Å²) in [6.07, 6.45) is 0. The van der Waals surface area contributed by atoms with E-state index in [-0.39, 0.29) is 55.2 Å². The first-order chi connectivity index (χ1) is 2.64. The Morgan fingerprint density at radius 1 is 1.62 bits per heavy atom. The summed E-state index contributed by atoms with van der Waals surface area (Å²) in [5, 5.41) is 0. The second-order valence-corrected chi connectivity index (χ2v) is 1.56. The average Bonchev–Trinajstić information content (AvgIpc) is 1.36. The SMILES string of the molecule is CC(C)C(N)=O.Cl.[H-].[Na+]. The first kappa shape index (κ1) is 15.9. The molecule has 0 heterocycles. The van der Waals surface area contributed by atoms with Crippen molar-refractivity contribution in [1.82, 2.24) is 0 Å². The Morgan fingerprint density at radius 2 is 1.75 bits per heavy atom. The van der Waals surface area contributed by atoms with Crippen LogP contribution >= 0.6 is 12.4 Å². The Hall–Kier alpha value is 0.760. The molecule has 0 aliphatic rings. The van der Waals surface area contributed by atoms with Crippen LogP contribution in [0.4, 0.5) is 0 Å². The molecule has 1 amide bonds. The molecule has 0 saturated carbocycles.